The average molecular weight is 154 g/mol. The average Bonchev–Trinajstić information content (AvgIpc) is 1.94. The molecule has 2 nitrogen and oxygen atoms in total. The van der Waals surface area contributed by atoms with Gasteiger partial charge in [-0.3, -0.25) is 4.57 Å². The van der Waals surface area contributed by atoms with Crippen LogP contribution in [0.25, 0.3) is 0 Å². The Morgan fingerprint density at radius 3 is 2.70 bits per heavy atom. The van der Waals surface area contributed by atoms with Crippen LogP contribution in [0, 0.1) is 6.92 Å². The highest BCUT2D eigenvalue weighted by molar-refractivity contribution is 7.34. The molecular weight excluding hydrogens is 147 g/mol. The third-order valence-corrected chi connectivity index (χ3v) is 1.78. The molecule has 0 atom stereocenters. The molecule has 0 saturated carbocycles. The van der Waals surface area contributed by atoms with Crippen molar-refractivity contribution < 1.29 is 9.67 Å². The monoisotopic (exact) mass is 154 g/mol. The molecule has 0 saturated heterocycles. The molecule has 0 amide bonds. The second kappa shape index (κ2) is 2.80. The summed E-state index contributed by atoms with van der Waals surface area (Å²) in [5, 5.41) is 9.47. The summed E-state index contributed by atoms with van der Waals surface area (Å²) >= 11 is 0. The van der Waals surface area contributed by atoms with E-state index in [1.165, 1.54) is 6.07 Å². The van der Waals surface area contributed by atoms with Crippen molar-refractivity contribution in [2.75, 3.05) is 0 Å². The molecule has 0 fully saturated rings. The molecule has 0 aliphatic rings. The molecular formula is C7H7O2P. The second-order valence-electron chi connectivity index (χ2n) is 2.08. The molecule has 0 radical (unpaired) electrons. The molecule has 1 aromatic rings. The van der Waals surface area contributed by atoms with Gasteiger partial charge in [0.1, 0.15) is 5.75 Å². The molecule has 0 bridgehead atoms. The van der Waals surface area contributed by atoms with E-state index < -0.39 is 0 Å². The summed E-state index contributed by atoms with van der Waals surface area (Å²) in [5.41, 5.74) is 0.996. The van der Waals surface area contributed by atoms with Crippen molar-refractivity contribution in [1.29, 1.82) is 0 Å². The number of phenolic OH excluding ortho intramolecular Hbond substituents is 1. The number of phenols is 1. The lowest BCUT2D eigenvalue weighted by atomic mass is 10.2. The Hall–Kier alpha value is -0.880. The van der Waals surface area contributed by atoms with Crippen LogP contribution in [0.5, 0.6) is 5.75 Å². The molecule has 3 heteroatoms. The van der Waals surface area contributed by atoms with Gasteiger partial charge in [-0.15, -0.1) is 0 Å². The summed E-state index contributed by atoms with van der Waals surface area (Å²) in [6.07, 6.45) is 0. The first-order chi connectivity index (χ1) is 4.74. The van der Waals surface area contributed by atoms with E-state index in [0.717, 1.165) is 5.56 Å². The number of rotatable bonds is 1. The molecule has 52 valence electrons. The molecule has 0 aliphatic carbocycles. The molecule has 1 N–H and O–H groups in total. The maximum absolute atomic E-state index is 10.3. The van der Waals surface area contributed by atoms with E-state index in [1.54, 1.807) is 12.1 Å². The zero-order valence-electron chi connectivity index (χ0n) is 5.53. The Bertz CT molecular complexity index is 258. The van der Waals surface area contributed by atoms with Gasteiger partial charge in [0.05, 0.1) is 5.30 Å². The quantitative estimate of drug-likeness (QED) is 0.624. The molecule has 10 heavy (non-hydrogen) atoms. The predicted octanol–water partition coefficient (Wildman–Crippen LogP) is 1.62. The summed E-state index contributed by atoms with van der Waals surface area (Å²) in [6, 6.07) is 4.99. The topological polar surface area (TPSA) is 37.3 Å². The fourth-order valence-electron chi connectivity index (χ4n) is 0.707. The molecule has 0 unspecified atom stereocenters. The third-order valence-electron chi connectivity index (χ3n) is 1.23. The Balaban J connectivity index is 3.21. The fourth-order valence-corrected chi connectivity index (χ4v) is 1.13. The highest BCUT2D eigenvalue weighted by Crippen LogP contribution is 2.11. The van der Waals surface area contributed by atoms with Crippen LogP contribution in [0.15, 0.2) is 18.2 Å². The lowest BCUT2D eigenvalue weighted by Crippen LogP contribution is -1.92. The minimum absolute atomic E-state index is 0.0854. The number of hydrogen-bond acceptors (Lipinski definition) is 2. The smallest absolute Gasteiger partial charge is 0.196 e. The van der Waals surface area contributed by atoms with Crippen molar-refractivity contribution in [1.82, 2.24) is 0 Å². The molecule has 0 heterocycles. The van der Waals surface area contributed by atoms with E-state index in [1.807, 2.05) is 6.92 Å². The molecule has 0 aliphatic heterocycles. The summed E-state index contributed by atoms with van der Waals surface area (Å²) in [7, 11) is -0.133. The Kier molecular flexibility index (Phi) is 2.03. The van der Waals surface area contributed by atoms with E-state index in [-0.39, 0.29) is 14.2 Å². The minimum atomic E-state index is -0.133. The van der Waals surface area contributed by atoms with Crippen LogP contribution in [0.2, 0.25) is 0 Å². The molecule has 1 aromatic carbocycles. The zero-order chi connectivity index (χ0) is 7.56. The van der Waals surface area contributed by atoms with Crippen LogP contribution in [0.1, 0.15) is 5.56 Å². The van der Waals surface area contributed by atoms with Crippen LogP contribution in [-0.2, 0) is 4.57 Å². The van der Waals surface area contributed by atoms with Crippen molar-refractivity contribution in [3.63, 3.8) is 0 Å². The van der Waals surface area contributed by atoms with Gasteiger partial charge in [-0.2, -0.15) is 0 Å². The van der Waals surface area contributed by atoms with Crippen molar-refractivity contribution in [3.05, 3.63) is 23.8 Å². The van der Waals surface area contributed by atoms with E-state index in [4.69, 9.17) is 5.11 Å². The van der Waals surface area contributed by atoms with Crippen molar-refractivity contribution >= 4 is 13.8 Å². The zero-order valence-corrected chi connectivity index (χ0v) is 6.43. The summed E-state index contributed by atoms with van der Waals surface area (Å²) in [4.78, 5) is 0. The predicted molar refractivity (Wildman–Crippen MR) is 40.1 cm³/mol. The number of benzene rings is 1. The van der Waals surface area contributed by atoms with Crippen LogP contribution < -0.4 is 5.30 Å². The lowest BCUT2D eigenvalue weighted by molar-refractivity contribution is 0.479. The first-order valence-electron chi connectivity index (χ1n) is 2.87. The van der Waals surface area contributed by atoms with E-state index in [0.29, 0.717) is 5.30 Å². The van der Waals surface area contributed by atoms with Gasteiger partial charge in [0.15, 0.2) is 8.46 Å². The largest absolute Gasteiger partial charge is 0.507 e. The van der Waals surface area contributed by atoms with Gasteiger partial charge in [0.25, 0.3) is 0 Å². The van der Waals surface area contributed by atoms with Gasteiger partial charge in [0, 0.05) is 0 Å². The van der Waals surface area contributed by atoms with Gasteiger partial charge in [-0.05, 0) is 24.6 Å². The van der Waals surface area contributed by atoms with Gasteiger partial charge in [0.2, 0.25) is 0 Å². The first-order valence-corrected chi connectivity index (χ1v) is 3.68. The molecule has 0 spiro atoms. The standard InChI is InChI=1S/C7H7O2P/c1-5-2-3-6(8)7(4-5)10-9/h2-4,8H,1H3. The minimum Gasteiger partial charge on any atom is -0.507 e. The number of hydrogen-bond donors (Lipinski definition) is 1. The van der Waals surface area contributed by atoms with E-state index in [2.05, 4.69) is 0 Å². The van der Waals surface area contributed by atoms with Crippen molar-refractivity contribution in [3.8, 4) is 5.75 Å². The summed E-state index contributed by atoms with van der Waals surface area (Å²) in [6.45, 7) is 1.88. The van der Waals surface area contributed by atoms with E-state index in [9.17, 15) is 4.57 Å². The normalized spacial score (nSPS) is 10.1. The molecule has 0 aromatic heterocycles. The second-order valence-corrected chi connectivity index (χ2v) is 2.75. The highest BCUT2D eigenvalue weighted by atomic mass is 31.1. The Morgan fingerprint density at radius 1 is 1.50 bits per heavy atom. The van der Waals surface area contributed by atoms with Crippen LogP contribution in [-0.4, -0.2) is 5.11 Å². The fraction of sp³-hybridized carbons (Fsp3) is 0.143. The number of aromatic hydroxyl groups is 1. The van der Waals surface area contributed by atoms with Crippen molar-refractivity contribution in [2.45, 2.75) is 6.92 Å². The van der Waals surface area contributed by atoms with Crippen LogP contribution in [0.3, 0.4) is 0 Å². The maximum atomic E-state index is 10.3. The lowest BCUT2D eigenvalue weighted by Gasteiger charge is -1.95. The third kappa shape index (κ3) is 1.34. The molecule has 1 rings (SSSR count). The summed E-state index contributed by atoms with van der Waals surface area (Å²) < 4.78 is 10.3. The number of aryl methyl sites for hydroxylation is 1. The van der Waals surface area contributed by atoms with Gasteiger partial charge >= 0.3 is 0 Å². The van der Waals surface area contributed by atoms with Crippen LogP contribution in [0.4, 0.5) is 0 Å². The maximum Gasteiger partial charge on any atom is 0.196 e. The SMILES string of the molecule is Cc1ccc(O)c(P=O)c1. The highest BCUT2D eigenvalue weighted by Gasteiger charge is 1.98. The van der Waals surface area contributed by atoms with Crippen LogP contribution >= 0.6 is 8.46 Å². The van der Waals surface area contributed by atoms with E-state index >= 15 is 0 Å². The Labute approximate surface area is 60.7 Å². The van der Waals surface area contributed by atoms with Gasteiger partial charge in [-0.25, -0.2) is 0 Å². The van der Waals surface area contributed by atoms with Gasteiger partial charge in [-0.1, -0.05) is 6.07 Å². The first kappa shape index (κ1) is 7.23. The Morgan fingerprint density at radius 2 is 2.20 bits per heavy atom. The van der Waals surface area contributed by atoms with Gasteiger partial charge < -0.3 is 5.11 Å². The van der Waals surface area contributed by atoms with Crippen molar-refractivity contribution in [2.24, 2.45) is 0 Å². The summed E-state index contributed by atoms with van der Waals surface area (Å²) in [5.74, 6) is 0.0854.